The summed E-state index contributed by atoms with van der Waals surface area (Å²) in [4.78, 5) is 12.2. The first-order chi connectivity index (χ1) is 8.06. The standard InChI is InChI=1S/C11H6BrClFNOS/c12-10-4-3-9(17-10)11(16)15-8-2-1-6(13)5-7(8)14/h1-5H,(H,15,16). The molecule has 2 nitrogen and oxygen atoms in total. The Kier molecular flexibility index (Phi) is 3.81. The number of hydrogen-bond donors (Lipinski definition) is 1. The first-order valence-electron chi connectivity index (χ1n) is 4.58. The lowest BCUT2D eigenvalue weighted by molar-refractivity contribution is 0.103. The van der Waals surface area contributed by atoms with Crippen LogP contribution in [0.2, 0.25) is 5.02 Å². The van der Waals surface area contributed by atoms with Gasteiger partial charge in [-0.2, -0.15) is 0 Å². The van der Waals surface area contributed by atoms with Crippen molar-refractivity contribution in [2.24, 2.45) is 0 Å². The smallest absolute Gasteiger partial charge is 0.265 e. The van der Waals surface area contributed by atoms with E-state index in [1.54, 1.807) is 12.1 Å². The molecule has 0 saturated heterocycles. The molecule has 0 fully saturated rings. The molecule has 0 spiro atoms. The molecule has 1 heterocycles. The number of anilines is 1. The van der Waals surface area contributed by atoms with E-state index in [9.17, 15) is 9.18 Å². The number of benzene rings is 1. The highest BCUT2D eigenvalue weighted by atomic mass is 79.9. The van der Waals surface area contributed by atoms with Gasteiger partial charge in [-0.15, -0.1) is 11.3 Å². The number of halogens is 3. The molecule has 1 aromatic carbocycles. The van der Waals surface area contributed by atoms with Crippen molar-refractivity contribution >= 4 is 50.5 Å². The van der Waals surface area contributed by atoms with Crippen LogP contribution in [-0.2, 0) is 0 Å². The predicted octanol–water partition coefficient (Wildman–Crippen LogP) is 4.56. The molecule has 17 heavy (non-hydrogen) atoms. The van der Waals surface area contributed by atoms with Crippen molar-refractivity contribution in [1.82, 2.24) is 0 Å². The van der Waals surface area contributed by atoms with Crippen LogP contribution in [0.1, 0.15) is 9.67 Å². The third kappa shape index (κ3) is 3.06. The molecular weight excluding hydrogens is 329 g/mol. The third-order valence-electron chi connectivity index (χ3n) is 1.98. The van der Waals surface area contributed by atoms with E-state index in [1.807, 2.05) is 0 Å². The Hall–Kier alpha value is -0.910. The van der Waals surface area contributed by atoms with Crippen molar-refractivity contribution in [3.8, 4) is 0 Å². The maximum absolute atomic E-state index is 13.4. The second-order valence-corrected chi connectivity index (χ2v) is 6.08. The number of hydrogen-bond acceptors (Lipinski definition) is 2. The fourth-order valence-corrected chi connectivity index (χ4v) is 2.65. The summed E-state index contributed by atoms with van der Waals surface area (Å²) in [5.74, 6) is -0.900. The largest absolute Gasteiger partial charge is 0.319 e. The minimum Gasteiger partial charge on any atom is -0.319 e. The quantitative estimate of drug-likeness (QED) is 0.857. The van der Waals surface area contributed by atoms with E-state index in [2.05, 4.69) is 21.2 Å². The van der Waals surface area contributed by atoms with E-state index in [1.165, 1.54) is 23.5 Å². The number of thiophene rings is 1. The summed E-state index contributed by atoms with van der Waals surface area (Å²) < 4.78 is 14.3. The Morgan fingerprint density at radius 3 is 2.71 bits per heavy atom. The lowest BCUT2D eigenvalue weighted by atomic mass is 10.3. The zero-order chi connectivity index (χ0) is 12.4. The fourth-order valence-electron chi connectivity index (χ4n) is 1.21. The van der Waals surface area contributed by atoms with Gasteiger partial charge in [0.25, 0.3) is 5.91 Å². The molecule has 0 aliphatic heterocycles. The Morgan fingerprint density at radius 1 is 1.35 bits per heavy atom. The average molecular weight is 335 g/mol. The van der Waals surface area contributed by atoms with Crippen molar-refractivity contribution in [2.75, 3.05) is 5.32 Å². The van der Waals surface area contributed by atoms with Crippen LogP contribution in [0.5, 0.6) is 0 Å². The summed E-state index contributed by atoms with van der Waals surface area (Å²) in [6, 6.07) is 7.53. The van der Waals surface area contributed by atoms with Crippen LogP contribution in [0.15, 0.2) is 34.1 Å². The summed E-state index contributed by atoms with van der Waals surface area (Å²) in [7, 11) is 0. The Bertz CT molecular complexity index is 572. The third-order valence-corrected chi connectivity index (χ3v) is 3.83. The topological polar surface area (TPSA) is 29.1 Å². The first kappa shape index (κ1) is 12.5. The maximum atomic E-state index is 13.4. The van der Waals surface area contributed by atoms with Gasteiger partial charge >= 0.3 is 0 Å². The minimum atomic E-state index is -0.554. The van der Waals surface area contributed by atoms with Crippen molar-refractivity contribution in [3.63, 3.8) is 0 Å². The van der Waals surface area contributed by atoms with Crippen LogP contribution in [0.3, 0.4) is 0 Å². The maximum Gasteiger partial charge on any atom is 0.265 e. The zero-order valence-corrected chi connectivity index (χ0v) is 11.5. The van der Waals surface area contributed by atoms with E-state index < -0.39 is 5.82 Å². The van der Waals surface area contributed by atoms with Crippen molar-refractivity contribution in [2.45, 2.75) is 0 Å². The van der Waals surface area contributed by atoms with E-state index in [4.69, 9.17) is 11.6 Å². The number of amides is 1. The Balaban J connectivity index is 2.18. The molecule has 0 aliphatic rings. The molecule has 1 amide bonds. The normalized spacial score (nSPS) is 10.3. The van der Waals surface area contributed by atoms with Crippen molar-refractivity contribution in [3.05, 3.63) is 49.8 Å². The second kappa shape index (κ2) is 5.16. The van der Waals surface area contributed by atoms with Gasteiger partial charge in [-0.25, -0.2) is 4.39 Å². The molecule has 6 heteroatoms. The van der Waals surface area contributed by atoms with Gasteiger partial charge in [0.05, 0.1) is 14.4 Å². The van der Waals surface area contributed by atoms with Crippen LogP contribution >= 0.6 is 38.9 Å². The van der Waals surface area contributed by atoms with Gasteiger partial charge in [-0.05, 0) is 46.3 Å². The molecule has 1 N–H and O–H groups in total. The highest BCUT2D eigenvalue weighted by Crippen LogP contribution is 2.24. The van der Waals surface area contributed by atoms with Crippen LogP contribution in [0, 0.1) is 5.82 Å². The molecule has 0 atom stereocenters. The van der Waals surface area contributed by atoms with E-state index in [-0.39, 0.29) is 11.6 Å². The van der Waals surface area contributed by atoms with Gasteiger partial charge in [-0.1, -0.05) is 11.6 Å². The number of nitrogens with one attached hydrogen (secondary N) is 1. The molecule has 0 saturated carbocycles. The summed E-state index contributed by atoms with van der Waals surface area (Å²) in [5.41, 5.74) is 0.115. The van der Waals surface area contributed by atoms with Crippen LogP contribution in [0.4, 0.5) is 10.1 Å². The molecular formula is C11H6BrClFNOS. The van der Waals surface area contributed by atoms with Crippen molar-refractivity contribution in [1.29, 1.82) is 0 Å². The molecule has 0 unspecified atom stereocenters. The van der Waals surface area contributed by atoms with Gasteiger partial charge in [0, 0.05) is 5.02 Å². The molecule has 2 rings (SSSR count). The van der Waals surface area contributed by atoms with Crippen LogP contribution < -0.4 is 5.32 Å². The highest BCUT2D eigenvalue weighted by molar-refractivity contribution is 9.11. The zero-order valence-electron chi connectivity index (χ0n) is 8.34. The molecule has 0 bridgehead atoms. The number of carbonyl (C=O) groups excluding carboxylic acids is 1. The summed E-state index contributed by atoms with van der Waals surface area (Å²) in [5, 5.41) is 2.78. The number of carbonyl (C=O) groups is 1. The molecule has 88 valence electrons. The molecule has 2 aromatic rings. The van der Waals surface area contributed by atoms with Crippen LogP contribution in [0.25, 0.3) is 0 Å². The summed E-state index contributed by atoms with van der Waals surface area (Å²) in [6.45, 7) is 0. The lowest BCUT2D eigenvalue weighted by Gasteiger charge is -2.04. The monoisotopic (exact) mass is 333 g/mol. The average Bonchev–Trinajstić information content (AvgIpc) is 2.69. The number of rotatable bonds is 2. The second-order valence-electron chi connectivity index (χ2n) is 3.18. The molecule has 0 aliphatic carbocycles. The highest BCUT2D eigenvalue weighted by Gasteiger charge is 2.11. The van der Waals surface area contributed by atoms with Crippen LogP contribution in [-0.4, -0.2) is 5.91 Å². The molecule has 1 aromatic heterocycles. The summed E-state index contributed by atoms with van der Waals surface area (Å²) >= 11 is 10.2. The lowest BCUT2D eigenvalue weighted by Crippen LogP contribution is -2.11. The van der Waals surface area contributed by atoms with Gasteiger partial charge in [0.1, 0.15) is 5.82 Å². The SMILES string of the molecule is O=C(Nc1ccc(Cl)cc1F)c1ccc(Br)s1. The van der Waals surface area contributed by atoms with Gasteiger partial charge in [0.15, 0.2) is 0 Å². The Morgan fingerprint density at radius 2 is 2.12 bits per heavy atom. The van der Waals surface area contributed by atoms with Gasteiger partial charge in [-0.3, -0.25) is 4.79 Å². The van der Waals surface area contributed by atoms with Gasteiger partial charge < -0.3 is 5.32 Å². The predicted molar refractivity (Wildman–Crippen MR) is 71.4 cm³/mol. The molecule has 0 radical (unpaired) electrons. The van der Waals surface area contributed by atoms with Crippen molar-refractivity contribution < 1.29 is 9.18 Å². The summed E-state index contributed by atoms with van der Waals surface area (Å²) in [6.07, 6.45) is 0. The minimum absolute atomic E-state index is 0.115. The first-order valence-corrected chi connectivity index (χ1v) is 6.57. The van der Waals surface area contributed by atoms with E-state index >= 15 is 0 Å². The fraction of sp³-hybridized carbons (Fsp3) is 0. The van der Waals surface area contributed by atoms with Gasteiger partial charge in [0.2, 0.25) is 0 Å². The Labute approximate surface area is 115 Å². The van der Waals surface area contributed by atoms with E-state index in [0.29, 0.717) is 9.90 Å². The van der Waals surface area contributed by atoms with E-state index in [0.717, 1.165) is 9.85 Å².